The first kappa shape index (κ1) is 11.7. The fourth-order valence-electron chi connectivity index (χ4n) is 1.54. The second kappa shape index (κ2) is 6.97. The number of alkyl halides is 1. The quantitative estimate of drug-likeness (QED) is 0.458. The maximum absolute atomic E-state index is 5.76. The second-order valence-electron chi connectivity index (χ2n) is 3.51. The molecule has 0 bridgehead atoms. The molecule has 0 radical (unpaired) electrons. The third-order valence-electron chi connectivity index (χ3n) is 2.37. The summed E-state index contributed by atoms with van der Waals surface area (Å²) in [5.74, 6) is 3.35. The molecule has 0 amide bonds. The van der Waals surface area contributed by atoms with Crippen LogP contribution in [-0.4, -0.2) is 41.4 Å². The zero-order chi connectivity index (χ0) is 9.52. The number of hydrogen-bond acceptors (Lipinski definition) is 2. The molecule has 78 valence electrons. The summed E-state index contributed by atoms with van der Waals surface area (Å²) in [6.45, 7) is 4.56. The van der Waals surface area contributed by atoms with Gasteiger partial charge in [-0.25, -0.2) is 0 Å². The summed E-state index contributed by atoms with van der Waals surface area (Å²) in [7, 11) is 0. The van der Waals surface area contributed by atoms with E-state index < -0.39 is 0 Å². The fourth-order valence-corrected chi connectivity index (χ4v) is 2.38. The molecule has 0 saturated heterocycles. The van der Waals surface area contributed by atoms with Gasteiger partial charge < -0.3 is 0 Å². The molecule has 1 aliphatic carbocycles. The zero-order valence-electron chi connectivity index (χ0n) is 8.47. The number of hydrogen-bond donors (Lipinski definition) is 0. The van der Waals surface area contributed by atoms with Crippen molar-refractivity contribution in [1.82, 2.24) is 4.90 Å². The van der Waals surface area contributed by atoms with Crippen molar-refractivity contribution in [3.05, 3.63) is 0 Å². The summed E-state index contributed by atoms with van der Waals surface area (Å²) in [5.41, 5.74) is 0. The minimum atomic E-state index is 0.789. The number of rotatable bonds is 8. The molecule has 1 rings (SSSR count). The lowest BCUT2D eigenvalue weighted by molar-refractivity contribution is 0.281. The van der Waals surface area contributed by atoms with E-state index in [1.54, 1.807) is 0 Å². The molecule has 0 N–H and O–H groups in total. The molecule has 1 aliphatic rings. The Kier molecular flexibility index (Phi) is 6.26. The molecular weight excluding hydrogens is 202 g/mol. The van der Waals surface area contributed by atoms with Gasteiger partial charge >= 0.3 is 0 Å². The van der Waals surface area contributed by atoms with Crippen molar-refractivity contribution in [3.8, 4) is 0 Å². The van der Waals surface area contributed by atoms with Crippen molar-refractivity contribution >= 4 is 23.4 Å². The smallest absolute Gasteiger partial charge is 0.0351 e. The zero-order valence-corrected chi connectivity index (χ0v) is 10.0. The van der Waals surface area contributed by atoms with Gasteiger partial charge in [-0.05, 0) is 37.3 Å². The van der Waals surface area contributed by atoms with Crippen LogP contribution in [0.15, 0.2) is 0 Å². The van der Waals surface area contributed by atoms with Crippen molar-refractivity contribution in [1.29, 1.82) is 0 Å². The Labute approximate surface area is 91.2 Å². The topological polar surface area (TPSA) is 3.24 Å². The van der Waals surface area contributed by atoms with Gasteiger partial charge in [-0.15, -0.1) is 11.6 Å². The van der Waals surface area contributed by atoms with Gasteiger partial charge in [-0.2, -0.15) is 11.8 Å². The van der Waals surface area contributed by atoms with E-state index in [4.69, 9.17) is 11.6 Å². The Hall–Kier alpha value is 0.600. The lowest BCUT2D eigenvalue weighted by Gasteiger charge is -2.20. The average Bonchev–Trinajstić information content (AvgIpc) is 2.93. The van der Waals surface area contributed by atoms with Crippen LogP contribution in [0.5, 0.6) is 0 Å². The molecule has 0 atom stereocenters. The lowest BCUT2D eigenvalue weighted by atomic mass is 10.4. The molecule has 0 aliphatic heterocycles. The summed E-state index contributed by atoms with van der Waals surface area (Å²) in [6.07, 6.45) is 4.13. The Morgan fingerprint density at radius 3 is 2.69 bits per heavy atom. The molecule has 1 saturated carbocycles. The van der Waals surface area contributed by atoms with Crippen LogP contribution >= 0.6 is 23.4 Å². The van der Waals surface area contributed by atoms with Gasteiger partial charge in [0.05, 0.1) is 0 Å². The average molecular weight is 222 g/mol. The molecule has 0 aromatic carbocycles. The summed E-state index contributed by atoms with van der Waals surface area (Å²) in [5, 5.41) is 0. The van der Waals surface area contributed by atoms with E-state index in [1.165, 1.54) is 37.3 Å². The third-order valence-corrected chi connectivity index (χ3v) is 3.53. The maximum atomic E-state index is 5.76. The SMILES string of the molecule is CCSCCCN(CCCl)C1CC1. The van der Waals surface area contributed by atoms with Crippen LogP contribution in [0.25, 0.3) is 0 Å². The Bertz CT molecular complexity index is 128. The molecule has 1 fully saturated rings. The minimum Gasteiger partial charge on any atom is -0.299 e. The molecule has 0 aromatic heterocycles. The van der Waals surface area contributed by atoms with Crippen molar-refractivity contribution in [2.75, 3.05) is 30.5 Å². The van der Waals surface area contributed by atoms with Crippen LogP contribution in [0.2, 0.25) is 0 Å². The monoisotopic (exact) mass is 221 g/mol. The van der Waals surface area contributed by atoms with Gasteiger partial charge in [-0.1, -0.05) is 6.92 Å². The number of halogens is 1. The fraction of sp³-hybridized carbons (Fsp3) is 1.00. The van der Waals surface area contributed by atoms with Crippen molar-refractivity contribution in [3.63, 3.8) is 0 Å². The number of thioether (sulfide) groups is 1. The summed E-state index contributed by atoms with van der Waals surface area (Å²) >= 11 is 7.80. The Morgan fingerprint density at radius 2 is 2.15 bits per heavy atom. The molecule has 1 nitrogen and oxygen atoms in total. The first-order chi connectivity index (χ1) is 6.38. The molecule has 0 spiro atoms. The van der Waals surface area contributed by atoms with Crippen LogP contribution in [0, 0.1) is 0 Å². The third kappa shape index (κ3) is 5.14. The molecule has 0 heterocycles. The van der Waals surface area contributed by atoms with Crippen molar-refractivity contribution in [2.24, 2.45) is 0 Å². The van der Waals surface area contributed by atoms with Crippen molar-refractivity contribution in [2.45, 2.75) is 32.2 Å². The molecule has 0 aromatic rings. The van der Waals surface area contributed by atoms with Gasteiger partial charge in [-0.3, -0.25) is 4.90 Å². The van der Waals surface area contributed by atoms with E-state index in [0.717, 1.165) is 18.5 Å². The largest absolute Gasteiger partial charge is 0.299 e. The van der Waals surface area contributed by atoms with E-state index in [9.17, 15) is 0 Å². The van der Waals surface area contributed by atoms with E-state index in [1.807, 2.05) is 11.8 Å². The van der Waals surface area contributed by atoms with Crippen LogP contribution in [0.1, 0.15) is 26.2 Å². The van der Waals surface area contributed by atoms with E-state index in [-0.39, 0.29) is 0 Å². The molecule has 13 heavy (non-hydrogen) atoms. The van der Waals surface area contributed by atoms with Gasteiger partial charge in [0.15, 0.2) is 0 Å². The van der Waals surface area contributed by atoms with Gasteiger partial charge in [0.25, 0.3) is 0 Å². The predicted octanol–water partition coefficient (Wildman–Crippen LogP) is 2.83. The highest BCUT2D eigenvalue weighted by Crippen LogP contribution is 2.26. The van der Waals surface area contributed by atoms with E-state index >= 15 is 0 Å². The maximum Gasteiger partial charge on any atom is 0.0351 e. The highest BCUT2D eigenvalue weighted by Gasteiger charge is 2.27. The minimum absolute atomic E-state index is 0.789. The van der Waals surface area contributed by atoms with Crippen LogP contribution in [0.3, 0.4) is 0 Å². The van der Waals surface area contributed by atoms with Crippen LogP contribution < -0.4 is 0 Å². The highest BCUT2D eigenvalue weighted by molar-refractivity contribution is 7.99. The lowest BCUT2D eigenvalue weighted by Crippen LogP contribution is -2.29. The Morgan fingerprint density at radius 1 is 1.38 bits per heavy atom. The first-order valence-corrected chi connectivity index (χ1v) is 6.95. The summed E-state index contributed by atoms with van der Waals surface area (Å²) in [6, 6.07) is 0.880. The number of nitrogens with zero attached hydrogens (tertiary/aromatic N) is 1. The summed E-state index contributed by atoms with van der Waals surface area (Å²) in [4.78, 5) is 2.56. The van der Waals surface area contributed by atoms with E-state index in [0.29, 0.717) is 0 Å². The van der Waals surface area contributed by atoms with Gasteiger partial charge in [0.2, 0.25) is 0 Å². The predicted molar refractivity (Wildman–Crippen MR) is 62.9 cm³/mol. The van der Waals surface area contributed by atoms with Crippen molar-refractivity contribution < 1.29 is 0 Å². The Balaban J connectivity index is 2.00. The standard InChI is InChI=1S/C10H20ClNS/c1-2-13-9-3-7-12(8-6-11)10-4-5-10/h10H,2-9H2,1H3. The molecule has 0 unspecified atom stereocenters. The van der Waals surface area contributed by atoms with E-state index in [2.05, 4.69) is 11.8 Å². The summed E-state index contributed by atoms with van der Waals surface area (Å²) < 4.78 is 0. The first-order valence-electron chi connectivity index (χ1n) is 5.26. The van der Waals surface area contributed by atoms with Gasteiger partial charge in [0, 0.05) is 18.5 Å². The van der Waals surface area contributed by atoms with Crippen LogP contribution in [-0.2, 0) is 0 Å². The normalized spacial score (nSPS) is 16.8. The van der Waals surface area contributed by atoms with Gasteiger partial charge in [0.1, 0.15) is 0 Å². The highest BCUT2D eigenvalue weighted by atomic mass is 35.5. The second-order valence-corrected chi connectivity index (χ2v) is 5.28. The molecule has 3 heteroatoms. The molecular formula is C10H20ClNS. The van der Waals surface area contributed by atoms with Crippen LogP contribution in [0.4, 0.5) is 0 Å².